The molecule has 0 unspecified atom stereocenters. The molecule has 0 amide bonds. The normalized spacial score (nSPS) is 8.79. The number of hydrogen-bond acceptors (Lipinski definition) is 3. The summed E-state index contributed by atoms with van der Waals surface area (Å²) in [6, 6.07) is 1.88. The third-order valence-corrected chi connectivity index (χ3v) is 1.24. The van der Waals surface area contributed by atoms with Gasteiger partial charge in [-0.05, 0) is 19.9 Å². The summed E-state index contributed by atoms with van der Waals surface area (Å²) in [7, 11) is 0. The van der Waals surface area contributed by atoms with Crippen LogP contribution in [-0.4, -0.2) is 26.8 Å². The molecular formula is C8H14N4O2. The predicted molar refractivity (Wildman–Crippen MR) is 52.3 cm³/mol. The zero-order valence-electron chi connectivity index (χ0n) is 8.40. The molecule has 1 rings (SSSR count). The largest absolute Gasteiger partial charge is 0.481 e. The van der Waals surface area contributed by atoms with E-state index in [1.54, 1.807) is 0 Å². The van der Waals surface area contributed by atoms with Gasteiger partial charge in [-0.1, -0.05) is 0 Å². The highest BCUT2D eigenvalue weighted by Gasteiger charge is 2.00. The molecule has 78 valence electrons. The van der Waals surface area contributed by atoms with Gasteiger partial charge in [0.1, 0.15) is 0 Å². The summed E-state index contributed by atoms with van der Waals surface area (Å²) in [6.07, 6.45) is 0. The lowest BCUT2D eigenvalue weighted by molar-refractivity contribution is -0.134. The highest BCUT2D eigenvalue weighted by atomic mass is 16.4. The molecule has 0 spiro atoms. The zero-order chi connectivity index (χ0) is 11.3. The topological polar surface area (TPSA) is 105 Å². The van der Waals surface area contributed by atoms with E-state index in [4.69, 9.17) is 21.0 Å². The van der Waals surface area contributed by atoms with Crippen LogP contribution in [0.5, 0.6) is 0 Å². The first-order valence-corrected chi connectivity index (χ1v) is 3.91. The maximum absolute atomic E-state index is 9.00. The van der Waals surface area contributed by atoms with Crippen molar-refractivity contribution in [2.24, 2.45) is 5.73 Å². The maximum atomic E-state index is 9.00. The molecule has 6 heteroatoms. The van der Waals surface area contributed by atoms with Crippen molar-refractivity contribution < 1.29 is 9.90 Å². The van der Waals surface area contributed by atoms with Crippen molar-refractivity contribution in [2.75, 3.05) is 0 Å². The monoisotopic (exact) mass is 198 g/mol. The van der Waals surface area contributed by atoms with E-state index in [9.17, 15) is 0 Å². The Balaban J connectivity index is 0.000000364. The maximum Gasteiger partial charge on any atom is 0.300 e. The lowest BCUT2D eigenvalue weighted by Crippen LogP contribution is -2.22. The number of hydrogen-bond donors (Lipinski definition) is 3. The van der Waals surface area contributed by atoms with Gasteiger partial charge in [0.25, 0.3) is 5.97 Å². The number of carboxylic acids is 1. The molecular weight excluding hydrogens is 184 g/mol. The van der Waals surface area contributed by atoms with Crippen molar-refractivity contribution in [1.82, 2.24) is 9.78 Å². The van der Waals surface area contributed by atoms with E-state index in [1.807, 2.05) is 19.9 Å². The second-order valence-corrected chi connectivity index (χ2v) is 2.74. The van der Waals surface area contributed by atoms with Crippen molar-refractivity contribution in [2.45, 2.75) is 20.8 Å². The summed E-state index contributed by atoms with van der Waals surface area (Å²) >= 11 is 0. The third-order valence-electron chi connectivity index (χ3n) is 1.24. The fourth-order valence-corrected chi connectivity index (χ4v) is 0.873. The summed E-state index contributed by atoms with van der Waals surface area (Å²) in [5, 5.41) is 18.5. The summed E-state index contributed by atoms with van der Waals surface area (Å²) in [5.74, 6) is -0.870. The molecule has 0 aliphatic carbocycles. The Bertz CT molecular complexity index is 339. The Labute approximate surface area is 81.9 Å². The minimum Gasteiger partial charge on any atom is -0.481 e. The van der Waals surface area contributed by atoms with Crippen molar-refractivity contribution in [3.63, 3.8) is 0 Å². The van der Waals surface area contributed by atoms with Gasteiger partial charge in [-0.25, -0.2) is 4.68 Å². The van der Waals surface area contributed by atoms with Gasteiger partial charge < -0.3 is 10.8 Å². The molecule has 0 saturated carbocycles. The molecule has 0 aliphatic rings. The van der Waals surface area contributed by atoms with Gasteiger partial charge in [-0.2, -0.15) is 5.10 Å². The minimum absolute atomic E-state index is 0.0365. The van der Waals surface area contributed by atoms with Crippen LogP contribution in [0, 0.1) is 19.3 Å². The predicted octanol–water partition coefficient (Wildman–Crippen LogP) is 0.332. The third kappa shape index (κ3) is 4.24. The average Bonchev–Trinajstić information content (AvgIpc) is 2.28. The van der Waals surface area contributed by atoms with E-state index in [-0.39, 0.29) is 5.96 Å². The molecule has 0 bridgehead atoms. The molecule has 0 aromatic carbocycles. The Morgan fingerprint density at radius 1 is 1.64 bits per heavy atom. The van der Waals surface area contributed by atoms with Crippen LogP contribution >= 0.6 is 0 Å². The van der Waals surface area contributed by atoms with E-state index >= 15 is 0 Å². The molecule has 4 N–H and O–H groups in total. The number of nitrogen functional groups attached to an aromatic ring is 1. The van der Waals surface area contributed by atoms with Crippen LogP contribution < -0.4 is 5.73 Å². The Morgan fingerprint density at radius 2 is 2.07 bits per heavy atom. The average molecular weight is 198 g/mol. The van der Waals surface area contributed by atoms with E-state index in [0.29, 0.717) is 0 Å². The Morgan fingerprint density at radius 3 is 2.21 bits per heavy atom. The highest BCUT2D eigenvalue weighted by molar-refractivity contribution is 5.76. The summed E-state index contributed by atoms with van der Waals surface area (Å²) in [4.78, 5) is 9.00. The highest BCUT2D eigenvalue weighted by Crippen LogP contribution is 1.98. The number of carbonyl (C=O) groups is 1. The van der Waals surface area contributed by atoms with Crippen LogP contribution in [0.25, 0.3) is 0 Å². The van der Waals surface area contributed by atoms with Crippen molar-refractivity contribution in [1.29, 1.82) is 5.41 Å². The molecule has 6 nitrogen and oxygen atoms in total. The van der Waals surface area contributed by atoms with Crippen molar-refractivity contribution in [3.05, 3.63) is 17.5 Å². The first-order valence-electron chi connectivity index (χ1n) is 3.91. The fourth-order valence-electron chi connectivity index (χ4n) is 0.873. The summed E-state index contributed by atoms with van der Waals surface area (Å²) in [6.45, 7) is 4.81. The molecule has 1 heterocycles. The van der Waals surface area contributed by atoms with Gasteiger partial charge in [-0.3, -0.25) is 10.2 Å². The van der Waals surface area contributed by atoms with Crippen molar-refractivity contribution in [3.8, 4) is 0 Å². The van der Waals surface area contributed by atoms with Gasteiger partial charge >= 0.3 is 0 Å². The minimum atomic E-state index is -0.833. The number of nitrogens with one attached hydrogen (secondary N) is 1. The molecule has 1 aromatic rings. The van der Waals surface area contributed by atoms with Crippen LogP contribution in [0.15, 0.2) is 6.07 Å². The summed E-state index contributed by atoms with van der Waals surface area (Å²) < 4.78 is 1.40. The van der Waals surface area contributed by atoms with Gasteiger partial charge in [0.05, 0.1) is 5.69 Å². The van der Waals surface area contributed by atoms with Gasteiger partial charge in [-0.15, -0.1) is 0 Å². The second-order valence-electron chi connectivity index (χ2n) is 2.74. The Hall–Kier alpha value is -1.85. The van der Waals surface area contributed by atoms with Crippen LogP contribution in [0.4, 0.5) is 0 Å². The number of aromatic nitrogens is 2. The lowest BCUT2D eigenvalue weighted by Gasteiger charge is -1.97. The van der Waals surface area contributed by atoms with Crippen molar-refractivity contribution >= 4 is 11.9 Å². The number of rotatable bonds is 0. The van der Waals surface area contributed by atoms with Crippen LogP contribution in [0.3, 0.4) is 0 Å². The lowest BCUT2D eigenvalue weighted by atomic mass is 10.4. The van der Waals surface area contributed by atoms with E-state index in [2.05, 4.69) is 5.10 Å². The standard InChI is InChI=1S/C6H10N4.C2H4O2/c1-4-3-5(2)10(9-4)6(7)8;1-2(3)4/h3H,1-2H3,(H3,7,8);1H3,(H,3,4). The molecule has 0 saturated heterocycles. The molecule has 0 fully saturated rings. The number of carboxylic acid groups (broad SMARTS) is 1. The number of nitrogens with two attached hydrogens (primary N) is 1. The van der Waals surface area contributed by atoms with Gasteiger partial charge in [0.15, 0.2) is 0 Å². The van der Waals surface area contributed by atoms with Gasteiger partial charge in [0, 0.05) is 12.6 Å². The number of nitrogens with zero attached hydrogens (tertiary/aromatic N) is 2. The number of aliphatic carboxylic acids is 1. The zero-order valence-corrected chi connectivity index (χ0v) is 8.40. The second kappa shape index (κ2) is 5.00. The smallest absolute Gasteiger partial charge is 0.300 e. The summed E-state index contributed by atoms with van der Waals surface area (Å²) in [5.41, 5.74) is 6.99. The first kappa shape index (κ1) is 12.2. The molecule has 14 heavy (non-hydrogen) atoms. The van der Waals surface area contributed by atoms with Crippen LogP contribution in [0.1, 0.15) is 18.3 Å². The molecule has 0 aliphatic heterocycles. The number of aryl methyl sites for hydroxylation is 2. The SMILES string of the molecule is CC(=O)O.Cc1cc(C)n(C(=N)N)n1. The van der Waals surface area contributed by atoms with E-state index in [1.165, 1.54) is 4.68 Å². The molecule has 1 aromatic heterocycles. The molecule has 0 radical (unpaired) electrons. The van der Waals surface area contributed by atoms with E-state index < -0.39 is 5.97 Å². The van der Waals surface area contributed by atoms with E-state index in [0.717, 1.165) is 18.3 Å². The van der Waals surface area contributed by atoms with Crippen LogP contribution in [0.2, 0.25) is 0 Å². The Kier molecular flexibility index (Phi) is 4.34. The van der Waals surface area contributed by atoms with Crippen LogP contribution in [-0.2, 0) is 4.79 Å². The van der Waals surface area contributed by atoms with Gasteiger partial charge in [0.2, 0.25) is 5.96 Å². The molecule has 0 atom stereocenters. The quantitative estimate of drug-likeness (QED) is 0.412. The first-order chi connectivity index (χ1) is 6.34. The fraction of sp³-hybridized carbons (Fsp3) is 0.375.